The van der Waals surface area contributed by atoms with Crippen LogP contribution in [0.15, 0.2) is 48.5 Å². The first-order chi connectivity index (χ1) is 15.4. The normalized spacial score (nSPS) is 13.1. The lowest BCUT2D eigenvalue weighted by molar-refractivity contribution is -0.467. The number of aryl methyl sites for hydroxylation is 1. The Labute approximate surface area is 189 Å². The molecule has 0 fully saturated rings. The summed E-state index contributed by atoms with van der Waals surface area (Å²) in [6.07, 6.45) is -5.55. The third-order valence-corrected chi connectivity index (χ3v) is 4.94. The summed E-state index contributed by atoms with van der Waals surface area (Å²) in [5, 5.41) is 13.3. The van der Waals surface area contributed by atoms with Crippen LogP contribution in [0, 0.1) is 17.0 Å². The smallest absolute Gasteiger partial charge is 0.389 e. The summed E-state index contributed by atoms with van der Waals surface area (Å²) in [5.41, 5.74) is 0.630. The Balaban J connectivity index is 2.18. The number of alkyl halides is 3. The molecule has 0 radical (unpaired) electrons. The fourth-order valence-corrected chi connectivity index (χ4v) is 3.23. The van der Waals surface area contributed by atoms with Gasteiger partial charge in [-0.2, -0.15) is 13.2 Å². The molecule has 0 bridgehead atoms. The predicted molar refractivity (Wildman–Crippen MR) is 115 cm³/mol. The number of nitrogens with one attached hydrogen (secondary N) is 1. The molecule has 0 aromatic heterocycles. The van der Waals surface area contributed by atoms with Crippen LogP contribution in [0.5, 0.6) is 5.75 Å². The number of carbonyl (C=O) groups excluding carboxylic acids is 2. The Hall–Kier alpha value is -3.43. The highest BCUT2D eigenvalue weighted by Gasteiger charge is 2.33. The van der Waals surface area contributed by atoms with E-state index in [1.165, 1.54) is 12.1 Å². The van der Waals surface area contributed by atoms with E-state index >= 15 is 0 Å². The van der Waals surface area contributed by atoms with E-state index in [9.17, 15) is 32.9 Å². The van der Waals surface area contributed by atoms with Crippen LogP contribution in [0.2, 0.25) is 0 Å². The van der Waals surface area contributed by atoms with E-state index in [-0.39, 0.29) is 25.2 Å². The van der Waals surface area contributed by atoms with Gasteiger partial charge in [0.1, 0.15) is 5.75 Å². The number of benzene rings is 2. The molecule has 2 aromatic rings. The van der Waals surface area contributed by atoms with Crippen LogP contribution in [-0.4, -0.2) is 35.9 Å². The molecule has 0 spiro atoms. The molecule has 2 rings (SSSR count). The maximum atomic E-state index is 12.9. The molecule has 0 aliphatic heterocycles. The van der Waals surface area contributed by atoms with Gasteiger partial charge in [-0.3, -0.25) is 19.7 Å². The van der Waals surface area contributed by atoms with E-state index in [0.29, 0.717) is 16.9 Å². The maximum absolute atomic E-state index is 12.9. The molecule has 1 amide bonds. The first kappa shape index (κ1) is 25.8. The van der Waals surface area contributed by atoms with E-state index in [0.717, 1.165) is 5.56 Å². The molecule has 7 nitrogen and oxygen atoms in total. The van der Waals surface area contributed by atoms with Crippen molar-refractivity contribution < 1.29 is 32.4 Å². The molecule has 0 heterocycles. The van der Waals surface area contributed by atoms with Gasteiger partial charge in [0.15, 0.2) is 5.78 Å². The highest BCUT2D eigenvalue weighted by atomic mass is 19.4. The molecule has 0 saturated carbocycles. The second-order valence-electron chi connectivity index (χ2n) is 7.93. The molecule has 1 N–H and O–H groups in total. The lowest BCUT2D eigenvalue weighted by Crippen LogP contribution is -2.47. The van der Waals surface area contributed by atoms with Gasteiger partial charge in [0.05, 0.1) is 12.1 Å². The zero-order chi connectivity index (χ0) is 24.6. The quantitative estimate of drug-likeness (QED) is 0.226. The minimum Gasteiger partial charge on any atom is -0.494 e. The van der Waals surface area contributed by atoms with Crippen molar-refractivity contribution in [3.05, 3.63) is 75.3 Å². The van der Waals surface area contributed by atoms with Crippen LogP contribution in [0.4, 0.5) is 13.2 Å². The molecule has 0 aliphatic rings. The minimum absolute atomic E-state index is 0.123. The van der Waals surface area contributed by atoms with Crippen LogP contribution < -0.4 is 10.1 Å². The fourth-order valence-electron chi connectivity index (χ4n) is 3.23. The van der Waals surface area contributed by atoms with Crippen LogP contribution in [0.1, 0.15) is 47.7 Å². The summed E-state index contributed by atoms with van der Waals surface area (Å²) in [4.78, 5) is 35.0. The maximum Gasteiger partial charge on any atom is 0.389 e. The third kappa shape index (κ3) is 8.55. The molecule has 178 valence electrons. The Morgan fingerprint density at radius 2 is 1.67 bits per heavy atom. The van der Waals surface area contributed by atoms with Crippen molar-refractivity contribution in [1.82, 2.24) is 5.32 Å². The van der Waals surface area contributed by atoms with Gasteiger partial charge in [0.25, 0.3) is 12.5 Å². The van der Waals surface area contributed by atoms with Gasteiger partial charge in [0.2, 0.25) is 0 Å². The van der Waals surface area contributed by atoms with Crippen molar-refractivity contribution in [2.24, 2.45) is 0 Å². The molecular weight excluding hydrogens is 441 g/mol. The molecule has 1 unspecified atom stereocenters. The number of Topliss-reactive ketones (excluding diaryl/α,β-unsaturated/α-hetero) is 1. The zero-order valence-electron chi connectivity index (χ0n) is 18.3. The first-order valence-corrected chi connectivity index (χ1v) is 10.2. The lowest BCUT2D eigenvalue weighted by atomic mass is 9.85. The number of nitrogens with zero attached hydrogens (tertiary/aromatic N) is 1. The number of halogens is 3. The Bertz CT molecular complexity index is 975. The number of amides is 1. The van der Waals surface area contributed by atoms with Crippen LogP contribution in [0.3, 0.4) is 0 Å². The topological polar surface area (TPSA) is 98.5 Å². The average molecular weight is 466 g/mol. The highest BCUT2D eigenvalue weighted by molar-refractivity contribution is 5.97. The highest BCUT2D eigenvalue weighted by Crippen LogP contribution is 2.29. The summed E-state index contributed by atoms with van der Waals surface area (Å²) in [5.74, 6) is -0.803. The summed E-state index contributed by atoms with van der Waals surface area (Å²) in [7, 11) is 0. The van der Waals surface area contributed by atoms with Gasteiger partial charge in [0, 0.05) is 23.3 Å². The summed E-state index contributed by atoms with van der Waals surface area (Å²) in [6.45, 7) is 2.38. The van der Waals surface area contributed by atoms with Crippen LogP contribution in [-0.2, 0) is 10.3 Å². The standard InChI is InChI=1S/C23H25F3N2O5/c1-16-4-6-17(7-5-16)20(29)14-22(2,27-21(30)15-28(31)32)18-8-10-19(11-9-18)33-13-3-12-23(24,25)26/h4-11H,3,12-15H2,1-2H3,(H,27,30). The van der Waals surface area contributed by atoms with Crippen molar-refractivity contribution in [3.63, 3.8) is 0 Å². The van der Waals surface area contributed by atoms with Crippen molar-refractivity contribution in [2.45, 2.75) is 44.8 Å². The largest absolute Gasteiger partial charge is 0.494 e. The van der Waals surface area contributed by atoms with Crippen molar-refractivity contribution in [1.29, 1.82) is 0 Å². The van der Waals surface area contributed by atoms with Crippen LogP contribution >= 0.6 is 0 Å². The van der Waals surface area contributed by atoms with Gasteiger partial charge < -0.3 is 10.1 Å². The fraction of sp³-hybridized carbons (Fsp3) is 0.391. The SMILES string of the molecule is Cc1ccc(C(=O)CC(C)(NC(=O)C[N+](=O)[O-])c2ccc(OCCCC(F)(F)F)cc2)cc1. The summed E-state index contributed by atoms with van der Waals surface area (Å²) >= 11 is 0. The third-order valence-electron chi connectivity index (χ3n) is 4.94. The number of nitro groups is 1. The predicted octanol–water partition coefficient (Wildman–Crippen LogP) is 4.60. The average Bonchev–Trinajstić information content (AvgIpc) is 2.70. The number of ether oxygens (including phenoxy) is 1. The van der Waals surface area contributed by atoms with Gasteiger partial charge in [-0.25, -0.2) is 0 Å². The first-order valence-electron chi connectivity index (χ1n) is 10.2. The van der Waals surface area contributed by atoms with Gasteiger partial charge in [-0.05, 0) is 38.0 Å². The molecule has 10 heteroatoms. The number of carbonyl (C=O) groups is 2. The van der Waals surface area contributed by atoms with E-state index < -0.39 is 35.5 Å². The molecule has 1 atom stereocenters. The summed E-state index contributed by atoms with van der Waals surface area (Å²) < 4.78 is 42.0. The second-order valence-corrected chi connectivity index (χ2v) is 7.93. The lowest BCUT2D eigenvalue weighted by Gasteiger charge is -2.30. The van der Waals surface area contributed by atoms with Gasteiger partial charge in [-0.1, -0.05) is 42.0 Å². The Morgan fingerprint density at radius 3 is 2.21 bits per heavy atom. The summed E-state index contributed by atoms with van der Waals surface area (Å²) in [6, 6.07) is 13.0. The molecule has 33 heavy (non-hydrogen) atoms. The second kappa shape index (κ2) is 10.9. The molecule has 2 aromatic carbocycles. The van der Waals surface area contributed by atoms with Gasteiger partial charge >= 0.3 is 6.18 Å². The van der Waals surface area contributed by atoms with Crippen molar-refractivity contribution in [3.8, 4) is 5.75 Å². The van der Waals surface area contributed by atoms with E-state index in [1.54, 1.807) is 43.3 Å². The molecule has 0 aliphatic carbocycles. The monoisotopic (exact) mass is 466 g/mol. The zero-order valence-corrected chi connectivity index (χ0v) is 18.3. The van der Waals surface area contributed by atoms with E-state index in [1.807, 2.05) is 6.92 Å². The van der Waals surface area contributed by atoms with Gasteiger partial charge in [-0.15, -0.1) is 0 Å². The number of hydrogen-bond donors (Lipinski definition) is 1. The number of ketones is 1. The van der Waals surface area contributed by atoms with Crippen LogP contribution in [0.25, 0.3) is 0 Å². The van der Waals surface area contributed by atoms with Crippen molar-refractivity contribution >= 4 is 11.7 Å². The molecular formula is C23H25F3N2O5. The van der Waals surface area contributed by atoms with Crippen molar-refractivity contribution in [2.75, 3.05) is 13.2 Å². The minimum atomic E-state index is -4.25. The van der Waals surface area contributed by atoms with E-state index in [2.05, 4.69) is 5.32 Å². The molecule has 0 saturated heterocycles. The van der Waals surface area contributed by atoms with E-state index in [4.69, 9.17) is 4.74 Å². The Morgan fingerprint density at radius 1 is 1.06 bits per heavy atom. The Kier molecular flexibility index (Phi) is 8.56. The number of hydrogen-bond acceptors (Lipinski definition) is 5. The number of rotatable bonds is 11.